The van der Waals surface area contributed by atoms with Crippen molar-refractivity contribution in [2.75, 3.05) is 12.4 Å². The van der Waals surface area contributed by atoms with Crippen LogP contribution in [0.2, 0.25) is 0 Å². The van der Waals surface area contributed by atoms with Gasteiger partial charge in [-0.2, -0.15) is 0 Å². The molecule has 0 saturated heterocycles. The maximum absolute atomic E-state index is 11.8. The summed E-state index contributed by atoms with van der Waals surface area (Å²) in [5, 5.41) is 17.8. The van der Waals surface area contributed by atoms with E-state index in [0.717, 1.165) is 29.1 Å². The van der Waals surface area contributed by atoms with Gasteiger partial charge < -0.3 is 16.0 Å². The lowest BCUT2D eigenvalue weighted by atomic mass is 10.2. The Hall–Kier alpha value is -3.42. The van der Waals surface area contributed by atoms with Crippen molar-refractivity contribution in [2.24, 2.45) is 4.99 Å². The van der Waals surface area contributed by atoms with Crippen LogP contribution in [-0.4, -0.2) is 33.5 Å². The number of aromatic nitrogens is 3. The zero-order valence-corrected chi connectivity index (χ0v) is 16.1. The molecule has 0 unspecified atom stereocenters. The van der Waals surface area contributed by atoms with Gasteiger partial charge in [0.2, 0.25) is 5.91 Å². The highest BCUT2D eigenvalue weighted by atomic mass is 16.1. The molecule has 0 aliphatic rings. The first-order valence-corrected chi connectivity index (χ1v) is 9.31. The number of rotatable bonds is 7. The minimum Gasteiger partial charge on any atom is -0.352 e. The first-order chi connectivity index (χ1) is 13.7. The molecule has 2 aromatic heterocycles. The van der Waals surface area contributed by atoms with Gasteiger partial charge in [0.1, 0.15) is 0 Å². The van der Waals surface area contributed by atoms with Crippen molar-refractivity contribution in [2.45, 2.75) is 32.9 Å². The Morgan fingerprint density at radius 3 is 2.79 bits per heavy atom. The van der Waals surface area contributed by atoms with E-state index in [2.05, 4.69) is 31.1 Å². The fourth-order valence-corrected chi connectivity index (χ4v) is 2.79. The summed E-state index contributed by atoms with van der Waals surface area (Å²) in [6.45, 7) is 3.07. The summed E-state index contributed by atoms with van der Waals surface area (Å²) >= 11 is 0. The van der Waals surface area contributed by atoms with Gasteiger partial charge in [-0.05, 0) is 36.2 Å². The molecule has 1 aromatic carbocycles. The van der Waals surface area contributed by atoms with E-state index in [-0.39, 0.29) is 5.91 Å². The highest BCUT2D eigenvalue weighted by molar-refractivity contribution is 5.90. The molecule has 0 radical (unpaired) electrons. The van der Waals surface area contributed by atoms with Crippen molar-refractivity contribution >= 4 is 23.2 Å². The molecule has 3 rings (SSSR count). The van der Waals surface area contributed by atoms with Gasteiger partial charge in [-0.25, -0.2) is 0 Å². The minimum absolute atomic E-state index is 0.0330. The monoisotopic (exact) mass is 379 g/mol. The van der Waals surface area contributed by atoms with Crippen LogP contribution in [0.15, 0.2) is 53.7 Å². The zero-order valence-electron chi connectivity index (χ0n) is 16.1. The summed E-state index contributed by atoms with van der Waals surface area (Å²) < 4.78 is 1.93. The number of nitrogens with zero attached hydrogens (tertiary/aromatic N) is 4. The van der Waals surface area contributed by atoms with Crippen LogP contribution in [-0.2, 0) is 17.9 Å². The molecule has 3 aromatic rings. The molecule has 0 fully saturated rings. The normalized spacial score (nSPS) is 11.4. The van der Waals surface area contributed by atoms with Crippen molar-refractivity contribution in [1.82, 2.24) is 25.2 Å². The van der Waals surface area contributed by atoms with Crippen LogP contribution in [0.25, 0.3) is 5.65 Å². The second kappa shape index (κ2) is 9.50. The molecule has 2 heterocycles. The molecular weight excluding hydrogens is 354 g/mol. The number of nitrogens with one attached hydrogen (secondary N) is 3. The Balaban J connectivity index is 1.55. The van der Waals surface area contributed by atoms with E-state index in [1.165, 1.54) is 0 Å². The predicted molar refractivity (Wildman–Crippen MR) is 110 cm³/mol. The van der Waals surface area contributed by atoms with Gasteiger partial charge in [-0.15, -0.1) is 10.2 Å². The number of pyridine rings is 1. The first kappa shape index (κ1) is 19.3. The molecule has 3 N–H and O–H groups in total. The Labute approximate surface area is 164 Å². The SMILES string of the molecule is CCCC(=O)Nc1cccc(CNC(=NC)NCc2nnc3ccccn23)c1. The summed E-state index contributed by atoms with van der Waals surface area (Å²) in [6, 6.07) is 13.6. The maximum atomic E-state index is 11.8. The number of hydrogen-bond donors (Lipinski definition) is 3. The number of guanidine groups is 1. The average Bonchev–Trinajstić information content (AvgIpc) is 3.12. The van der Waals surface area contributed by atoms with Crippen molar-refractivity contribution < 1.29 is 4.79 Å². The molecule has 1 amide bonds. The number of hydrogen-bond acceptors (Lipinski definition) is 4. The van der Waals surface area contributed by atoms with Crippen LogP contribution >= 0.6 is 0 Å². The van der Waals surface area contributed by atoms with E-state index in [1.807, 2.05) is 60.0 Å². The third-order valence-corrected chi connectivity index (χ3v) is 4.17. The summed E-state index contributed by atoms with van der Waals surface area (Å²) in [5.74, 6) is 1.50. The number of benzene rings is 1. The summed E-state index contributed by atoms with van der Waals surface area (Å²) in [7, 11) is 1.72. The van der Waals surface area contributed by atoms with Crippen LogP contribution in [0.4, 0.5) is 5.69 Å². The van der Waals surface area contributed by atoms with Gasteiger partial charge in [0.15, 0.2) is 17.4 Å². The van der Waals surface area contributed by atoms with Gasteiger partial charge >= 0.3 is 0 Å². The van der Waals surface area contributed by atoms with Crippen LogP contribution in [0, 0.1) is 0 Å². The predicted octanol–water partition coefficient (Wildman–Crippen LogP) is 2.33. The van der Waals surface area contributed by atoms with Crippen molar-refractivity contribution in [1.29, 1.82) is 0 Å². The van der Waals surface area contributed by atoms with Gasteiger partial charge in [0, 0.05) is 31.9 Å². The Kier molecular flexibility index (Phi) is 6.56. The molecule has 0 saturated carbocycles. The summed E-state index contributed by atoms with van der Waals surface area (Å²) in [4.78, 5) is 16.0. The molecular formula is C20H25N7O. The minimum atomic E-state index is 0.0330. The lowest BCUT2D eigenvalue weighted by Gasteiger charge is -2.12. The van der Waals surface area contributed by atoms with Gasteiger partial charge in [0.05, 0.1) is 6.54 Å². The van der Waals surface area contributed by atoms with Crippen LogP contribution in [0.1, 0.15) is 31.2 Å². The first-order valence-electron chi connectivity index (χ1n) is 9.31. The molecule has 8 nitrogen and oxygen atoms in total. The van der Waals surface area contributed by atoms with Crippen LogP contribution in [0.3, 0.4) is 0 Å². The second-order valence-corrected chi connectivity index (χ2v) is 6.32. The van der Waals surface area contributed by atoms with E-state index < -0.39 is 0 Å². The lowest BCUT2D eigenvalue weighted by Crippen LogP contribution is -2.36. The number of fused-ring (bicyclic) bond motifs is 1. The quantitative estimate of drug-likeness (QED) is 0.433. The highest BCUT2D eigenvalue weighted by Gasteiger charge is 2.06. The van der Waals surface area contributed by atoms with E-state index >= 15 is 0 Å². The molecule has 0 atom stereocenters. The number of aliphatic imine (C=N–C) groups is 1. The zero-order chi connectivity index (χ0) is 19.8. The summed E-state index contributed by atoms with van der Waals surface area (Å²) in [5.41, 5.74) is 2.66. The van der Waals surface area contributed by atoms with Gasteiger partial charge in [-0.3, -0.25) is 14.2 Å². The molecule has 8 heteroatoms. The third-order valence-electron chi connectivity index (χ3n) is 4.17. The highest BCUT2D eigenvalue weighted by Crippen LogP contribution is 2.11. The fraction of sp³-hybridized carbons (Fsp3) is 0.300. The van der Waals surface area contributed by atoms with E-state index in [4.69, 9.17) is 0 Å². The molecule has 0 aliphatic carbocycles. The number of carbonyl (C=O) groups is 1. The summed E-state index contributed by atoms with van der Waals surface area (Å²) in [6.07, 6.45) is 3.29. The molecule has 146 valence electrons. The number of carbonyl (C=O) groups excluding carboxylic acids is 1. The Bertz CT molecular complexity index is 964. The standard InChI is InChI=1S/C20H25N7O/c1-3-7-19(28)24-16-9-6-8-15(12-16)13-22-20(21-2)23-14-18-26-25-17-10-4-5-11-27(17)18/h4-6,8-12H,3,7,13-14H2,1-2H3,(H,24,28)(H2,21,22,23). The van der Waals surface area contributed by atoms with E-state index in [9.17, 15) is 4.79 Å². The number of amides is 1. The van der Waals surface area contributed by atoms with Crippen molar-refractivity contribution in [3.05, 3.63) is 60.0 Å². The second-order valence-electron chi connectivity index (χ2n) is 6.32. The van der Waals surface area contributed by atoms with Gasteiger partial charge in [0.25, 0.3) is 0 Å². The topological polar surface area (TPSA) is 95.7 Å². The molecule has 0 bridgehead atoms. The van der Waals surface area contributed by atoms with Crippen LogP contribution < -0.4 is 16.0 Å². The number of anilines is 1. The van der Waals surface area contributed by atoms with E-state index in [0.29, 0.717) is 25.5 Å². The smallest absolute Gasteiger partial charge is 0.224 e. The third kappa shape index (κ3) is 5.06. The Morgan fingerprint density at radius 1 is 1.11 bits per heavy atom. The average molecular weight is 379 g/mol. The largest absolute Gasteiger partial charge is 0.352 e. The Morgan fingerprint density at radius 2 is 1.96 bits per heavy atom. The van der Waals surface area contributed by atoms with Gasteiger partial charge in [-0.1, -0.05) is 25.1 Å². The maximum Gasteiger partial charge on any atom is 0.224 e. The molecule has 0 aliphatic heterocycles. The molecule has 0 spiro atoms. The lowest BCUT2D eigenvalue weighted by molar-refractivity contribution is -0.116. The van der Waals surface area contributed by atoms with Crippen molar-refractivity contribution in [3.63, 3.8) is 0 Å². The van der Waals surface area contributed by atoms with E-state index in [1.54, 1.807) is 7.05 Å². The van der Waals surface area contributed by atoms with Crippen molar-refractivity contribution in [3.8, 4) is 0 Å². The fourth-order valence-electron chi connectivity index (χ4n) is 2.79. The molecule has 28 heavy (non-hydrogen) atoms. The van der Waals surface area contributed by atoms with Crippen LogP contribution in [0.5, 0.6) is 0 Å².